The van der Waals surface area contributed by atoms with E-state index < -0.39 is 23.6 Å². The Balaban J connectivity index is 1.65. The first kappa shape index (κ1) is 26.4. The van der Waals surface area contributed by atoms with Crippen LogP contribution in [0.25, 0.3) is 11.0 Å². The summed E-state index contributed by atoms with van der Waals surface area (Å²) in [4.78, 5) is 22.9. The number of hydrogen-bond acceptors (Lipinski definition) is 7. The fourth-order valence-corrected chi connectivity index (χ4v) is 5.02. The van der Waals surface area contributed by atoms with Crippen molar-refractivity contribution in [3.8, 4) is 0 Å². The van der Waals surface area contributed by atoms with E-state index in [1.165, 1.54) is 6.07 Å². The minimum Gasteiger partial charge on any atom is -0.379 e. The van der Waals surface area contributed by atoms with Crippen LogP contribution in [0.3, 0.4) is 0 Å². The number of nitrogens with one attached hydrogen (secondary N) is 1. The van der Waals surface area contributed by atoms with Crippen LogP contribution in [0, 0.1) is 0 Å². The SMILES string of the molecule is CCCCCn1cc2c(C3C(=O)Nc4ccc(C(F)(F)F)cc43)nc(N(CCC)N3CCOCC3)nc2n1. The highest BCUT2D eigenvalue weighted by atomic mass is 19.4. The van der Waals surface area contributed by atoms with Gasteiger partial charge < -0.3 is 10.1 Å². The molecule has 3 aromatic rings. The number of unbranched alkanes of at least 4 members (excludes halogenated alkanes) is 2. The molecule has 0 aliphatic carbocycles. The number of aryl methyl sites for hydroxylation is 1. The van der Waals surface area contributed by atoms with Crippen LogP contribution in [-0.4, -0.2) is 63.5 Å². The van der Waals surface area contributed by atoms with Gasteiger partial charge in [0.25, 0.3) is 0 Å². The van der Waals surface area contributed by atoms with Crippen molar-refractivity contribution in [2.24, 2.45) is 0 Å². The number of alkyl halides is 3. The third-order valence-electron chi connectivity index (χ3n) is 6.91. The highest BCUT2D eigenvalue weighted by Crippen LogP contribution is 2.42. The Morgan fingerprint density at radius 3 is 2.63 bits per heavy atom. The molecule has 9 nitrogen and oxygen atoms in total. The van der Waals surface area contributed by atoms with Gasteiger partial charge in [0.2, 0.25) is 11.9 Å². The molecular formula is C26H32F3N7O2. The second-order valence-corrected chi connectivity index (χ2v) is 9.66. The summed E-state index contributed by atoms with van der Waals surface area (Å²) in [7, 11) is 0. The van der Waals surface area contributed by atoms with Crippen molar-refractivity contribution in [2.75, 3.05) is 43.2 Å². The number of hydrogen-bond donors (Lipinski definition) is 1. The van der Waals surface area contributed by atoms with Crippen LogP contribution in [0.1, 0.15) is 62.3 Å². The van der Waals surface area contributed by atoms with Crippen LogP contribution >= 0.6 is 0 Å². The second kappa shape index (κ2) is 10.9. The summed E-state index contributed by atoms with van der Waals surface area (Å²) in [6.07, 6.45) is 1.12. The highest BCUT2D eigenvalue weighted by molar-refractivity contribution is 6.06. The summed E-state index contributed by atoms with van der Waals surface area (Å²) in [5.41, 5.74) is 0.582. The van der Waals surface area contributed by atoms with Gasteiger partial charge in [-0.3, -0.25) is 14.5 Å². The lowest BCUT2D eigenvalue weighted by atomic mass is 9.94. The van der Waals surface area contributed by atoms with Gasteiger partial charge in [0.1, 0.15) is 5.92 Å². The molecule has 38 heavy (non-hydrogen) atoms. The minimum absolute atomic E-state index is 0.253. The number of fused-ring (bicyclic) bond motifs is 2. The third-order valence-corrected chi connectivity index (χ3v) is 6.91. The van der Waals surface area contributed by atoms with Gasteiger partial charge in [-0.25, -0.2) is 9.99 Å². The van der Waals surface area contributed by atoms with E-state index in [1.807, 2.05) is 11.2 Å². The summed E-state index contributed by atoms with van der Waals surface area (Å²) in [5, 5.41) is 12.1. The molecule has 1 atom stereocenters. The number of hydrazine groups is 1. The molecule has 2 aliphatic heterocycles. The first-order chi connectivity index (χ1) is 18.3. The number of aromatic nitrogens is 4. The lowest BCUT2D eigenvalue weighted by molar-refractivity contribution is -0.137. The molecule has 1 amide bonds. The quantitative estimate of drug-likeness (QED) is 0.404. The maximum atomic E-state index is 13.6. The van der Waals surface area contributed by atoms with Crippen LogP contribution in [0.4, 0.5) is 24.8 Å². The van der Waals surface area contributed by atoms with Crippen LogP contribution < -0.4 is 10.3 Å². The summed E-state index contributed by atoms with van der Waals surface area (Å²) in [5.74, 6) is -1.06. The number of carbonyl (C=O) groups is 1. The highest BCUT2D eigenvalue weighted by Gasteiger charge is 2.39. The fraction of sp³-hybridized carbons (Fsp3) is 0.538. The van der Waals surface area contributed by atoms with E-state index in [0.29, 0.717) is 67.8 Å². The Morgan fingerprint density at radius 2 is 1.92 bits per heavy atom. The molecule has 2 aromatic heterocycles. The Kier molecular flexibility index (Phi) is 7.53. The summed E-state index contributed by atoms with van der Waals surface area (Å²) < 4.78 is 48.0. The van der Waals surface area contributed by atoms with Gasteiger partial charge in [-0.05, 0) is 36.6 Å². The summed E-state index contributed by atoms with van der Waals surface area (Å²) in [6.45, 7) is 7.93. The predicted octanol–water partition coefficient (Wildman–Crippen LogP) is 4.58. The Morgan fingerprint density at radius 1 is 1.13 bits per heavy atom. The monoisotopic (exact) mass is 531 g/mol. The molecule has 1 saturated heterocycles. The van der Waals surface area contributed by atoms with Crippen molar-refractivity contribution >= 4 is 28.6 Å². The minimum atomic E-state index is -4.53. The Labute approximate surface area is 218 Å². The zero-order chi connectivity index (χ0) is 26.9. The fourth-order valence-electron chi connectivity index (χ4n) is 5.02. The number of anilines is 2. The Hall–Kier alpha value is -3.25. The molecule has 0 radical (unpaired) electrons. The number of halogens is 3. The van der Waals surface area contributed by atoms with Crippen molar-refractivity contribution in [3.05, 3.63) is 41.2 Å². The Bertz CT molecular complexity index is 1300. The van der Waals surface area contributed by atoms with E-state index in [-0.39, 0.29) is 5.56 Å². The number of nitrogens with zero attached hydrogens (tertiary/aromatic N) is 6. The number of ether oxygens (including phenoxy) is 1. The first-order valence-electron chi connectivity index (χ1n) is 13.2. The normalized spacial score (nSPS) is 18.1. The van der Waals surface area contributed by atoms with E-state index in [9.17, 15) is 18.0 Å². The number of morpholine rings is 1. The standard InChI is InChI=1S/C26H32F3N7O2/c1-3-5-6-10-34-16-19-22(21-18-15-17(26(27,28)29)7-8-20(18)30-24(21)37)31-25(32-23(19)33-34)36(9-4-2)35-11-13-38-14-12-35/h7-8,15-16,21H,3-6,9-14H2,1-2H3,(H,30,37). The number of carbonyl (C=O) groups excluding carboxylic acids is 1. The zero-order valence-corrected chi connectivity index (χ0v) is 21.6. The van der Waals surface area contributed by atoms with Crippen LogP contribution in [-0.2, 0) is 22.3 Å². The van der Waals surface area contributed by atoms with Crippen molar-refractivity contribution in [1.82, 2.24) is 24.8 Å². The molecule has 204 valence electrons. The number of rotatable bonds is 9. The predicted molar refractivity (Wildman–Crippen MR) is 137 cm³/mol. The van der Waals surface area contributed by atoms with Gasteiger partial charge in [-0.15, -0.1) is 0 Å². The molecule has 0 saturated carbocycles. The maximum absolute atomic E-state index is 13.6. The van der Waals surface area contributed by atoms with E-state index >= 15 is 0 Å². The lowest BCUT2D eigenvalue weighted by Crippen LogP contribution is -2.50. The summed E-state index contributed by atoms with van der Waals surface area (Å²) in [6, 6.07) is 3.33. The largest absolute Gasteiger partial charge is 0.416 e. The van der Waals surface area contributed by atoms with Crippen LogP contribution in [0.2, 0.25) is 0 Å². The van der Waals surface area contributed by atoms with Crippen LogP contribution in [0.5, 0.6) is 0 Å². The molecular weight excluding hydrogens is 499 g/mol. The van der Waals surface area contributed by atoms with Crippen molar-refractivity contribution in [2.45, 2.75) is 58.2 Å². The van der Waals surface area contributed by atoms with Crippen molar-refractivity contribution in [3.63, 3.8) is 0 Å². The number of amides is 1. The van der Waals surface area contributed by atoms with E-state index in [0.717, 1.165) is 37.8 Å². The van der Waals surface area contributed by atoms with Crippen molar-refractivity contribution < 1.29 is 22.7 Å². The van der Waals surface area contributed by atoms with Gasteiger partial charge in [-0.2, -0.15) is 23.3 Å². The molecule has 12 heteroatoms. The molecule has 4 heterocycles. The maximum Gasteiger partial charge on any atom is 0.416 e. The molecule has 1 N–H and O–H groups in total. The van der Waals surface area contributed by atoms with Gasteiger partial charge in [0, 0.05) is 38.1 Å². The van der Waals surface area contributed by atoms with E-state index in [1.54, 1.807) is 4.68 Å². The molecule has 2 aliphatic rings. The molecule has 1 aromatic carbocycles. The zero-order valence-electron chi connectivity index (χ0n) is 21.6. The average molecular weight is 532 g/mol. The van der Waals surface area contributed by atoms with Gasteiger partial charge in [0.05, 0.1) is 29.9 Å². The summed E-state index contributed by atoms with van der Waals surface area (Å²) >= 11 is 0. The number of benzene rings is 1. The van der Waals surface area contributed by atoms with Gasteiger partial charge >= 0.3 is 6.18 Å². The third kappa shape index (κ3) is 5.19. The lowest BCUT2D eigenvalue weighted by Gasteiger charge is -2.37. The molecule has 5 rings (SSSR count). The van der Waals surface area contributed by atoms with Crippen LogP contribution in [0.15, 0.2) is 24.4 Å². The second-order valence-electron chi connectivity index (χ2n) is 9.66. The topological polar surface area (TPSA) is 88.4 Å². The molecule has 0 spiro atoms. The van der Waals surface area contributed by atoms with E-state index in [2.05, 4.69) is 29.3 Å². The van der Waals surface area contributed by atoms with Crippen molar-refractivity contribution in [1.29, 1.82) is 0 Å². The smallest absolute Gasteiger partial charge is 0.379 e. The molecule has 0 bridgehead atoms. The molecule has 1 unspecified atom stereocenters. The van der Waals surface area contributed by atoms with Gasteiger partial charge in [0.15, 0.2) is 5.65 Å². The van der Waals surface area contributed by atoms with E-state index in [4.69, 9.17) is 14.7 Å². The van der Waals surface area contributed by atoms with Gasteiger partial charge in [-0.1, -0.05) is 26.7 Å². The first-order valence-corrected chi connectivity index (χ1v) is 13.2. The molecule has 1 fully saturated rings. The average Bonchev–Trinajstić information content (AvgIpc) is 3.46.